The van der Waals surface area contributed by atoms with Crippen molar-refractivity contribution in [2.45, 2.75) is 24.9 Å². The summed E-state index contributed by atoms with van der Waals surface area (Å²) in [5.74, 6) is -1.65. The smallest absolute Gasteiger partial charge is 0.417 e. The van der Waals surface area contributed by atoms with E-state index in [4.69, 9.17) is 4.42 Å². The molecule has 1 aliphatic rings. The fraction of sp³-hybridized carbons (Fsp3) is 0.316. The molecule has 1 aromatic heterocycles. The van der Waals surface area contributed by atoms with Gasteiger partial charge in [0.2, 0.25) is 5.89 Å². The molecule has 9 heteroatoms. The van der Waals surface area contributed by atoms with Crippen LogP contribution in [-0.4, -0.2) is 34.2 Å². The zero-order valence-corrected chi connectivity index (χ0v) is 14.7. The number of anilines is 1. The van der Waals surface area contributed by atoms with Crippen molar-refractivity contribution >= 4 is 22.5 Å². The van der Waals surface area contributed by atoms with E-state index < -0.39 is 12.1 Å². The Balaban J connectivity index is 1.39. The number of rotatable bonds is 2. The number of hydrogen-bond acceptors (Lipinski definition) is 4. The van der Waals surface area contributed by atoms with Gasteiger partial charge in [0.15, 0.2) is 0 Å². The van der Waals surface area contributed by atoms with Crippen LogP contribution in [0.1, 0.15) is 30.5 Å². The van der Waals surface area contributed by atoms with E-state index in [2.05, 4.69) is 15.5 Å². The molecular formula is C19H17F3N4O2. The van der Waals surface area contributed by atoms with Crippen molar-refractivity contribution in [3.05, 3.63) is 54.2 Å². The Morgan fingerprint density at radius 1 is 1.07 bits per heavy atom. The molecule has 2 heterocycles. The Morgan fingerprint density at radius 2 is 1.79 bits per heavy atom. The van der Waals surface area contributed by atoms with E-state index in [-0.39, 0.29) is 17.8 Å². The van der Waals surface area contributed by atoms with Crippen LogP contribution in [-0.2, 0) is 6.18 Å². The molecule has 1 saturated heterocycles. The van der Waals surface area contributed by atoms with Gasteiger partial charge in [0.25, 0.3) is 0 Å². The Labute approximate surface area is 158 Å². The van der Waals surface area contributed by atoms with Crippen LogP contribution in [0.25, 0.3) is 10.8 Å². The standard InChI is InChI=1S/C19H17F3N4O2/c20-19(21,22)17-25-24-16(28-17)13-8-10-26(11-9-13)18(27)23-15-7-3-5-12-4-1-2-6-14(12)15/h1-7,13H,8-11H2,(H,23,27). The number of hydrogen-bond donors (Lipinski definition) is 1. The minimum atomic E-state index is -4.65. The summed E-state index contributed by atoms with van der Waals surface area (Å²) < 4.78 is 42.6. The lowest BCUT2D eigenvalue weighted by molar-refractivity contribution is -0.157. The number of halogens is 3. The molecular weight excluding hydrogens is 373 g/mol. The molecule has 0 saturated carbocycles. The molecule has 4 rings (SSSR count). The van der Waals surface area contributed by atoms with Crippen molar-refractivity contribution in [1.29, 1.82) is 0 Å². The fourth-order valence-corrected chi connectivity index (χ4v) is 3.37. The van der Waals surface area contributed by atoms with Gasteiger partial charge in [-0.05, 0) is 24.3 Å². The summed E-state index contributed by atoms with van der Waals surface area (Å²) in [4.78, 5) is 14.2. The normalized spacial score (nSPS) is 15.8. The Hall–Kier alpha value is -3.10. The third kappa shape index (κ3) is 3.64. The molecule has 2 aromatic carbocycles. The quantitative estimate of drug-likeness (QED) is 0.691. The number of carbonyl (C=O) groups excluding carboxylic acids is 1. The number of likely N-dealkylation sites (tertiary alicyclic amines) is 1. The van der Waals surface area contributed by atoms with Gasteiger partial charge in [-0.15, -0.1) is 10.2 Å². The van der Waals surface area contributed by atoms with E-state index in [1.807, 2.05) is 42.5 Å². The van der Waals surface area contributed by atoms with E-state index in [1.54, 1.807) is 4.90 Å². The van der Waals surface area contributed by atoms with Crippen molar-refractivity contribution in [2.75, 3.05) is 18.4 Å². The lowest BCUT2D eigenvalue weighted by Gasteiger charge is -2.30. The van der Waals surface area contributed by atoms with Gasteiger partial charge in [0, 0.05) is 24.4 Å². The maximum absolute atomic E-state index is 12.6. The number of amides is 2. The highest BCUT2D eigenvalue weighted by atomic mass is 19.4. The summed E-state index contributed by atoms with van der Waals surface area (Å²) in [6, 6.07) is 13.2. The highest BCUT2D eigenvalue weighted by Gasteiger charge is 2.39. The number of aromatic nitrogens is 2. The first-order valence-electron chi connectivity index (χ1n) is 8.86. The molecule has 3 aromatic rings. The predicted octanol–water partition coefficient (Wildman–Crippen LogP) is 4.65. The monoisotopic (exact) mass is 390 g/mol. The van der Waals surface area contributed by atoms with Gasteiger partial charge in [0.1, 0.15) is 0 Å². The fourth-order valence-electron chi connectivity index (χ4n) is 3.37. The Morgan fingerprint density at radius 3 is 2.50 bits per heavy atom. The third-order valence-electron chi connectivity index (χ3n) is 4.85. The first-order chi connectivity index (χ1) is 13.4. The number of fused-ring (bicyclic) bond motifs is 1. The van der Waals surface area contributed by atoms with E-state index in [9.17, 15) is 18.0 Å². The van der Waals surface area contributed by atoms with Gasteiger partial charge in [-0.25, -0.2) is 4.79 Å². The van der Waals surface area contributed by atoms with Gasteiger partial charge in [-0.1, -0.05) is 36.4 Å². The van der Waals surface area contributed by atoms with Crippen LogP contribution in [0.4, 0.5) is 23.7 Å². The van der Waals surface area contributed by atoms with E-state index in [0.29, 0.717) is 25.9 Å². The van der Waals surface area contributed by atoms with Crippen LogP contribution >= 0.6 is 0 Å². The van der Waals surface area contributed by atoms with E-state index >= 15 is 0 Å². The number of urea groups is 1. The van der Waals surface area contributed by atoms with Crippen molar-refractivity contribution in [3.8, 4) is 0 Å². The summed E-state index contributed by atoms with van der Waals surface area (Å²) in [6.07, 6.45) is -3.73. The summed E-state index contributed by atoms with van der Waals surface area (Å²) in [5, 5.41) is 11.5. The average Bonchev–Trinajstić information content (AvgIpc) is 3.19. The van der Waals surface area contributed by atoms with Crippen LogP contribution in [0.15, 0.2) is 46.9 Å². The molecule has 0 bridgehead atoms. The summed E-state index contributed by atoms with van der Waals surface area (Å²) in [5.41, 5.74) is 0.719. The number of alkyl halides is 3. The molecule has 0 radical (unpaired) electrons. The number of nitrogens with zero attached hydrogens (tertiary/aromatic N) is 3. The molecule has 28 heavy (non-hydrogen) atoms. The van der Waals surface area contributed by atoms with Crippen molar-refractivity contribution < 1.29 is 22.4 Å². The number of benzene rings is 2. The lowest BCUT2D eigenvalue weighted by atomic mass is 9.97. The molecule has 2 amide bonds. The van der Waals surface area contributed by atoms with Crippen LogP contribution in [0.2, 0.25) is 0 Å². The summed E-state index contributed by atoms with van der Waals surface area (Å²) in [6.45, 7) is 0.788. The molecule has 0 aliphatic carbocycles. The Kier molecular flexibility index (Phi) is 4.66. The molecule has 0 unspecified atom stereocenters. The molecule has 0 spiro atoms. The molecule has 6 nitrogen and oxygen atoms in total. The number of nitrogens with one attached hydrogen (secondary N) is 1. The van der Waals surface area contributed by atoms with Crippen LogP contribution < -0.4 is 5.32 Å². The molecule has 1 N–H and O–H groups in total. The Bertz CT molecular complexity index is 989. The highest BCUT2D eigenvalue weighted by Crippen LogP contribution is 2.33. The average molecular weight is 390 g/mol. The minimum Gasteiger partial charge on any atom is -0.417 e. The van der Waals surface area contributed by atoms with Crippen molar-refractivity contribution in [2.24, 2.45) is 0 Å². The molecule has 0 atom stereocenters. The van der Waals surface area contributed by atoms with Crippen LogP contribution in [0.5, 0.6) is 0 Å². The van der Waals surface area contributed by atoms with Crippen molar-refractivity contribution in [1.82, 2.24) is 15.1 Å². The largest absolute Gasteiger partial charge is 0.470 e. The second-order valence-electron chi connectivity index (χ2n) is 6.66. The van der Waals surface area contributed by atoms with Crippen molar-refractivity contribution in [3.63, 3.8) is 0 Å². The topological polar surface area (TPSA) is 71.3 Å². The van der Waals surface area contributed by atoms with Crippen LogP contribution in [0.3, 0.4) is 0 Å². The van der Waals surface area contributed by atoms with Gasteiger partial charge >= 0.3 is 18.1 Å². The first kappa shape index (κ1) is 18.3. The first-order valence-corrected chi connectivity index (χ1v) is 8.86. The molecule has 1 fully saturated rings. The van der Waals surface area contributed by atoms with Gasteiger partial charge in [-0.3, -0.25) is 0 Å². The predicted molar refractivity (Wildman–Crippen MR) is 95.8 cm³/mol. The van der Waals surface area contributed by atoms with E-state index in [0.717, 1.165) is 16.5 Å². The maximum Gasteiger partial charge on any atom is 0.470 e. The zero-order chi connectivity index (χ0) is 19.7. The summed E-state index contributed by atoms with van der Waals surface area (Å²) >= 11 is 0. The molecule has 146 valence electrons. The van der Waals surface area contributed by atoms with E-state index in [1.165, 1.54) is 0 Å². The van der Waals surface area contributed by atoms with Gasteiger partial charge in [-0.2, -0.15) is 13.2 Å². The lowest BCUT2D eigenvalue weighted by Crippen LogP contribution is -2.40. The number of piperidine rings is 1. The maximum atomic E-state index is 12.6. The summed E-state index contributed by atoms with van der Waals surface area (Å²) in [7, 11) is 0. The minimum absolute atomic E-state index is 0.0264. The zero-order valence-electron chi connectivity index (χ0n) is 14.7. The highest BCUT2D eigenvalue weighted by molar-refractivity contribution is 6.01. The SMILES string of the molecule is O=C(Nc1cccc2ccccc12)N1CCC(c2nnc(C(F)(F)F)o2)CC1. The second-order valence-corrected chi connectivity index (χ2v) is 6.66. The van der Waals surface area contributed by atoms with Gasteiger partial charge in [0.05, 0.1) is 5.69 Å². The molecule has 1 aliphatic heterocycles. The second kappa shape index (κ2) is 7.14. The third-order valence-corrected chi connectivity index (χ3v) is 4.85. The van der Waals surface area contributed by atoms with Gasteiger partial charge < -0.3 is 14.6 Å². The number of carbonyl (C=O) groups is 1. The van der Waals surface area contributed by atoms with Crippen LogP contribution in [0, 0.1) is 0 Å².